The molecule has 0 aliphatic heterocycles. The molecule has 0 fully saturated rings. The Bertz CT molecular complexity index is 1230. The number of anilines is 1. The number of thiophene rings is 1. The maximum absolute atomic E-state index is 13.9. The van der Waals surface area contributed by atoms with Crippen molar-refractivity contribution in [3.05, 3.63) is 76.5 Å². The van der Waals surface area contributed by atoms with Crippen LogP contribution in [0.4, 0.5) is 5.69 Å². The zero-order valence-electron chi connectivity index (χ0n) is 22.4. The van der Waals surface area contributed by atoms with E-state index in [2.05, 4.69) is 10.6 Å². The second-order valence-electron chi connectivity index (χ2n) is 9.26. The van der Waals surface area contributed by atoms with Crippen molar-refractivity contribution in [3.8, 4) is 11.5 Å². The molecule has 2 aromatic carbocycles. The molecule has 2 N–H and O–H groups in total. The molecule has 3 amide bonds. The minimum Gasteiger partial charge on any atom is -0.497 e. The van der Waals surface area contributed by atoms with Crippen molar-refractivity contribution >= 4 is 34.7 Å². The summed E-state index contributed by atoms with van der Waals surface area (Å²) < 4.78 is 11.0. The van der Waals surface area contributed by atoms with Crippen molar-refractivity contribution in [1.82, 2.24) is 10.6 Å². The molecular weight excluding hydrogens is 502 g/mol. The van der Waals surface area contributed by atoms with Gasteiger partial charge in [-0.3, -0.25) is 19.3 Å². The first-order valence-electron chi connectivity index (χ1n) is 12.5. The molecule has 0 radical (unpaired) electrons. The van der Waals surface area contributed by atoms with Gasteiger partial charge in [-0.15, -0.1) is 11.3 Å². The lowest BCUT2D eigenvalue weighted by atomic mass is 9.98. The molecule has 9 heteroatoms. The molecule has 3 rings (SSSR count). The Kier molecular flexibility index (Phi) is 9.90. The first kappa shape index (κ1) is 28.7. The monoisotopic (exact) mass is 537 g/mol. The van der Waals surface area contributed by atoms with Gasteiger partial charge >= 0.3 is 0 Å². The summed E-state index contributed by atoms with van der Waals surface area (Å²) in [6.07, 6.45) is 0.692. The van der Waals surface area contributed by atoms with E-state index in [0.29, 0.717) is 40.7 Å². The zero-order valence-corrected chi connectivity index (χ0v) is 23.3. The molecule has 0 aliphatic rings. The zero-order chi connectivity index (χ0) is 27.7. The third kappa shape index (κ3) is 7.35. The van der Waals surface area contributed by atoms with Gasteiger partial charge in [0.25, 0.3) is 5.91 Å². The van der Waals surface area contributed by atoms with Crippen molar-refractivity contribution < 1.29 is 23.9 Å². The van der Waals surface area contributed by atoms with E-state index in [9.17, 15) is 14.4 Å². The Morgan fingerprint density at radius 2 is 1.74 bits per heavy atom. The van der Waals surface area contributed by atoms with Crippen molar-refractivity contribution in [3.63, 3.8) is 0 Å². The number of carbonyl (C=O) groups excluding carboxylic acids is 3. The van der Waals surface area contributed by atoms with E-state index in [-0.39, 0.29) is 18.4 Å². The van der Waals surface area contributed by atoms with Crippen LogP contribution in [0, 0.1) is 0 Å². The number of methoxy groups -OCH3 is 1. The number of nitrogens with zero attached hydrogens (tertiary/aromatic N) is 1. The second-order valence-corrected chi connectivity index (χ2v) is 10.2. The van der Waals surface area contributed by atoms with Crippen molar-refractivity contribution in [2.24, 2.45) is 0 Å². The van der Waals surface area contributed by atoms with E-state index in [0.717, 1.165) is 0 Å². The molecule has 0 saturated carbocycles. The second kappa shape index (κ2) is 13.1. The first-order chi connectivity index (χ1) is 18.2. The standard InChI is InChI=1S/C29H35N3O5S/c1-6-29(3,4)31-28(35)26(20-10-8-11-23(18-20)36-5)32(21-13-15-22(16-14-21)37-7-2)25(33)19-30-27(34)24-12-9-17-38-24/h8-18,26H,6-7,19H2,1-5H3,(H,30,34)(H,31,35). The average Bonchev–Trinajstić information content (AvgIpc) is 3.46. The third-order valence-electron chi connectivity index (χ3n) is 6.10. The lowest BCUT2D eigenvalue weighted by Gasteiger charge is -2.35. The average molecular weight is 538 g/mol. The van der Waals surface area contributed by atoms with E-state index in [1.807, 2.05) is 27.7 Å². The van der Waals surface area contributed by atoms with Crippen LogP contribution in [0.15, 0.2) is 66.0 Å². The SMILES string of the molecule is CCOc1ccc(N(C(=O)CNC(=O)c2cccs2)C(C(=O)NC(C)(C)CC)c2cccc(OC)c2)cc1. The Hall–Kier alpha value is -3.85. The highest BCUT2D eigenvalue weighted by Crippen LogP contribution is 2.32. The van der Waals surface area contributed by atoms with Crippen LogP contribution in [0.3, 0.4) is 0 Å². The summed E-state index contributed by atoms with van der Waals surface area (Å²) >= 11 is 1.29. The minimum absolute atomic E-state index is 0.297. The number of benzene rings is 2. The summed E-state index contributed by atoms with van der Waals surface area (Å²) in [7, 11) is 1.55. The Balaban J connectivity index is 2.06. The molecule has 38 heavy (non-hydrogen) atoms. The number of ether oxygens (including phenoxy) is 2. The predicted octanol–water partition coefficient (Wildman–Crippen LogP) is 4.96. The molecule has 1 heterocycles. The van der Waals surface area contributed by atoms with Crippen molar-refractivity contribution in [2.45, 2.75) is 45.7 Å². The van der Waals surface area contributed by atoms with Crippen LogP contribution in [0.1, 0.15) is 55.4 Å². The van der Waals surface area contributed by atoms with E-state index >= 15 is 0 Å². The van der Waals surface area contributed by atoms with Gasteiger partial charge in [-0.1, -0.05) is 25.1 Å². The van der Waals surface area contributed by atoms with Crippen LogP contribution in [-0.4, -0.2) is 43.5 Å². The third-order valence-corrected chi connectivity index (χ3v) is 6.97. The highest BCUT2D eigenvalue weighted by molar-refractivity contribution is 7.12. The lowest BCUT2D eigenvalue weighted by Crippen LogP contribution is -2.52. The van der Waals surface area contributed by atoms with Gasteiger partial charge < -0.3 is 20.1 Å². The maximum atomic E-state index is 13.9. The van der Waals surface area contributed by atoms with Crippen LogP contribution < -0.4 is 25.0 Å². The fourth-order valence-corrected chi connectivity index (χ4v) is 4.40. The number of nitrogens with one attached hydrogen (secondary N) is 2. The van der Waals surface area contributed by atoms with Gasteiger partial charge in [0.1, 0.15) is 17.5 Å². The Morgan fingerprint density at radius 3 is 2.34 bits per heavy atom. The van der Waals surface area contributed by atoms with Gasteiger partial charge in [-0.05, 0) is 80.6 Å². The smallest absolute Gasteiger partial charge is 0.261 e. The van der Waals surface area contributed by atoms with Crippen LogP contribution >= 0.6 is 11.3 Å². The number of carbonyl (C=O) groups is 3. The summed E-state index contributed by atoms with van der Waals surface area (Å²) in [5, 5.41) is 7.57. The van der Waals surface area contributed by atoms with Gasteiger partial charge in [0, 0.05) is 11.2 Å². The van der Waals surface area contributed by atoms with Gasteiger partial charge in [0.2, 0.25) is 11.8 Å². The van der Waals surface area contributed by atoms with E-state index in [4.69, 9.17) is 9.47 Å². The number of amides is 3. The van der Waals surface area contributed by atoms with E-state index in [1.165, 1.54) is 16.2 Å². The summed E-state index contributed by atoms with van der Waals surface area (Å²) in [6.45, 7) is 7.93. The highest BCUT2D eigenvalue weighted by Gasteiger charge is 2.35. The molecule has 1 atom stereocenters. The number of hydrogen-bond acceptors (Lipinski definition) is 6. The molecule has 3 aromatic rings. The van der Waals surface area contributed by atoms with Gasteiger partial charge in [0.15, 0.2) is 0 Å². The van der Waals surface area contributed by atoms with Crippen LogP contribution in [0.5, 0.6) is 11.5 Å². The number of hydrogen-bond donors (Lipinski definition) is 2. The van der Waals surface area contributed by atoms with E-state index < -0.39 is 17.5 Å². The summed E-state index contributed by atoms with van der Waals surface area (Å²) in [5.41, 5.74) is 0.552. The topological polar surface area (TPSA) is 97.0 Å². The van der Waals surface area contributed by atoms with Gasteiger partial charge in [-0.25, -0.2) is 0 Å². The molecule has 1 aromatic heterocycles. The van der Waals surface area contributed by atoms with Crippen molar-refractivity contribution in [1.29, 1.82) is 0 Å². The molecule has 202 valence electrons. The summed E-state index contributed by atoms with van der Waals surface area (Å²) in [4.78, 5) is 42.2. The largest absolute Gasteiger partial charge is 0.497 e. The fraction of sp³-hybridized carbons (Fsp3) is 0.345. The molecule has 0 bridgehead atoms. The Labute approximate surface area is 228 Å². The van der Waals surface area contributed by atoms with E-state index in [1.54, 1.807) is 73.2 Å². The van der Waals surface area contributed by atoms with Gasteiger partial charge in [0.05, 0.1) is 25.1 Å². The molecule has 0 spiro atoms. The molecule has 0 aliphatic carbocycles. The molecule has 0 saturated heterocycles. The van der Waals surface area contributed by atoms with Crippen LogP contribution in [0.25, 0.3) is 0 Å². The minimum atomic E-state index is -1.03. The normalized spacial score (nSPS) is 11.8. The van der Waals surface area contributed by atoms with Crippen LogP contribution in [0.2, 0.25) is 0 Å². The highest BCUT2D eigenvalue weighted by atomic mass is 32.1. The number of rotatable bonds is 12. The van der Waals surface area contributed by atoms with Crippen LogP contribution in [-0.2, 0) is 9.59 Å². The molecule has 1 unspecified atom stereocenters. The Morgan fingerprint density at radius 1 is 1.00 bits per heavy atom. The molecular formula is C29H35N3O5S. The lowest BCUT2D eigenvalue weighted by molar-refractivity contribution is -0.127. The van der Waals surface area contributed by atoms with Gasteiger partial charge in [-0.2, -0.15) is 0 Å². The fourth-order valence-electron chi connectivity index (χ4n) is 3.76. The predicted molar refractivity (Wildman–Crippen MR) is 150 cm³/mol. The quantitative estimate of drug-likeness (QED) is 0.340. The molecule has 8 nitrogen and oxygen atoms in total. The first-order valence-corrected chi connectivity index (χ1v) is 13.4. The summed E-state index contributed by atoms with van der Waals surface area (Å²) in [5.74, 6) is 0.0482. The maximum Gasteiger partial charge on any atom is 0.261 e. The van der Waals surface area contributed by atoms with Crippen molar-refractivity contribution in [2.75, 3.05) is 25.2 Å². The summed E-state index contributed by atoms with van der Waals surface area (Å²) in [6, 6.07) is 16.5.